The fourth-order valence-electron chi connectivity index (χ4n) is 3.26. The van der Waals surface area contributed by atoms with Crippen LogP contribution in [0, 0.1) is 0 Å². The molecule has 6 nitrogen and oxygen atoms in total. The monoisotopic (exact) mass is 412 g/mol. The lowest BCUT2D eigenvalue weighted by Gasteiger charge is -2.11. The molecule has 0 aliphatic carbocycles. The molecule has 4 rings (SSSR count). The molecule has 0 spiro atoms. The highest BCUT2D eigenvalue weighted by atomic mass is 16.4. The average Bonchev–Trinajstić information content (AvgIpc) is 2.79. The Morgan fingerprint density at radius 2 is 1.48 bits per heavy atom. The summed E-state index contributed by atoms with van der Waals surface area (Å²) >= 11 is 0. The van der Waals surface area contributed by atoms with E-state index in [1.807, 2.05) is 30.3 Å². The molecule has 0 aliphatic heterocycles. The van der Waals surface area contributed by atoms with Gasteiger partial charge in [-0.15, -0.1) is 0 Å². The van der Waals surface area contributed by atoms with E-state index in [0.29, 0.717) is 35.2 Å². The number of hydrogen-bond donors (Lipinski definition) is 2. The summed E-state index contributed by atoms with van der Waals surface area (Å²) in [5.41, 5.74) is 1.29. The molecule has 154 valence electrons. The van der Waals surface area contributed by atoms with Gasteiger partial charge in [-0.1, -0.05) is 60.7 Å². The van der Waals surface area contributed by atoms with Crippen LogP contribution in [0.5, 0.6) is 0 Å². The third-order valence-electron chi connectivity index (χ3n) is 4.85. The van der Waals surface area contributed by atoms with Crippen molar-refractivity contribution in [3.05, 3.63) is 112 Å². The van der Waals surface area contributed by atoms with E-state index < -0.39 is 11.5 Å². The van der Waals surface area contributed by atoms with Crippen molar-refractivity contribution >= 4 is 28.5 Å². The van der Waals surface area contributed by atoms with Crippen LogP contribution >= 0.6 is 0 Å². The van der Waals surface area contributed by atoms with E-state index in [0.717, 1.165) is 5.56 Å². The van der Waals surface area contributed by atoms with Gasteiger partial charge in [-0.2, -0.15) is 0 Å². The topological polar surface area (TPSA) is 88.4 Å². The predicted molar refractivity (Wildman–Crippen MR) is 119 cm³/mol. The minimum absolute atomic E-state index is 0.127. The van der Waals surface area contributed by atoms with Gasteiger partial charge in [0, 0.05) is 11.9 Å². The van der Waals surface area contributed by atoms with Crippen molar-refractivity contribution < 1.29 is 14.0 Å². The van der Waals surface area contributed by atoms with Gasteiger partial charge in [0.1, 0.15) is 11.1 Å². The number of para-hydroxylation sites is 2. The Hall–Kier alpha value is -4.19. The first-order valence-corrected chi connectivity index (χ1v) is 9.87. The van der Waals surface area contributed by atoms with E-state index in [9.17, 15) is 14.4 Å². The van der Waals surface area contributed by atoms with Gasteiger partial charge >= 0.3 is 5.63 Å². The summed E-state index contributed by atoms with van der Waals surface area (Å²) in [5.74, 6) is -0.943. The lowest BCUT2D eigenvalue weighted by Crippen LogP contribution is -2.28. The SMILES string of the molecule is O=C(NCCc1ccccc1)c1ccccc1NC(=O)c1cc2ccccc2oc1=O. The summed E-state index contributed by atoms with van der Waals surface area (Å²) in [4.78, 5) is 37.7. The van der Waals surface area contributed by atoms with Gasteiger partial charge in [-0.05, 0) is 36.2 Å². The van der Waals surface area contributed by atoms with Gasteiger partial charge in [-0.25, -0.2) is 4.79 Å². The molecule has 0 radical (unpaired) electrons. The van der Waals surface area contributed by atoms with Crippen molar-refractivity contribution in [2.24, 2.45) is 0 Å². The van der Waals surface area contributed by atoms with Crippen molar-refractivity contribution in [3.8, 4) is 0 Å². The molecule has 0 bridgehead atoms. The lowest BCUT2D eigenvalue weighted by molar-refractivity contribution is 0.0955. The van der Waals surface area contributed by atoms with Gasteiger partial charge in [0.05, 0.1) is 11.3 Å². The summed E-state index contributed by atoms with van der Waals surface area (Å²) in [6.07, 6.45) is 0.694. The van der Waals surface area contributed by atoms with E-state index in [1.165, 1.54) is 6.07 Å². The minimum atomic E-state index is -0.735. The van der Waals surface area contributed by atoms with E-state index in [1.54, 1.807) is 48.5 Å². The summed E-state index contributed by atoms with van der Waals surface area (Å²) in [6, 6.07) is 24.9. The van der Waals surface area contributed by atoms with Gasteiger partial charge in [0.15, 0.2) is 0 Å². The number of fused-ring (bicyclic) bond motifs is 1. The number of carbonyl (C=O) groups excluding carboxylic acids is 2. The number of rotatable bonds is 6. The molecule has 0 saturated carbocycles. The molecule has 0 fully saturated rings. The molecule has 6 heteroatoms. The zero-order valence-corrected chi connectivity index (χ0v) is 16.6. The van der Waals surface area contributed by atoms with Crippen LogP contribution < -0.4 is 16.3 Å². The molecule has 31 heavy (non-hydrogen) atoms. The second kappa shape index (κ2) is 9.09. The van der Waals surface area contributed by atoms with Crippen molar-refractivity contribution in [3.63, 3.8) is 0 Å². The van der Waals surface area contributed by atoms with Gasteiger partial charge in [0.2, 0.25) is 0 Å². The molecule has 2 N–H and O–H groups in total. The zero-order chi connectivity index (χ0) is 21.6. The first kappa shape index (κ1) is 20.1. The van der Waals surface area contributed by atoms with Crippen molar-refractivity contribution in [2.75, 3.05) is 11.9 Å². The molecule has 0 saturated heterocycles. The summed E-state index contributed by atoms with van der Waals surface area (Å²) in [7, 11) is 0. The van der Waals surface area contributed by atoms with Gasteiger partial charge in [0.25, 0.3) is 11.8 Å². The van der Waals surface area contributed by atoms with Crippen molar-refractivity contribution in [1.29, 1.82) is 0 Å². The first-order chi connectivity index (χ1) is 15.1. The minimum Gasteiger partial charge on any atom is -0.422 e. The van der Waals surface area contributed by atoms with E-state index in [-0.39, 0.29) is 11.5 Å². The molecule has 0 atom stereocenters. The highest BCUT2D eigenvalue weighted by Gasteiger charge is 2.17. The Balaban J connectivity index is 1.49. The Bertz CT molecular complexity index is 1300. The van der Waals surface area contributed by atoms with E-state index in [4.69, 9.17) is 4.42 Å². The Labute approximate surface area is 178 Å². The molecule has 3 aromatic carbocycles. The van der Waals surface area contributed by atoms with Crippen LogP contribution in [0.1, 0.15) is 26.3 Å². The van der Waals surface area contributed by atoms with Crippen LogP contribution in [0.2, 0.25) is 0 Å². The third kappa shape index (κ3) is 4.70. The summed E-state index contributed by atoms with van der Waals surface area (Å²) in [6.45, 7) is 0.458. The smallest absolute Gasteiger partial charge is 0.349 e. The number of hydrogen-bond acceptors (Lipinski definition) is 4. The number of anilines is 1. The maximum absolute atomic E-state index is 12.7. The summed E-state index contributed by atoms with van der Waals surface area (Å²) < 4.78 is 5.23. The Morgan fingerprint density at radius 1 is 0.774 bits per heavy atom. The van der Waals surface area contributed by atoms with E-state index in [2.05, 4.69) is 10.6 Å². The Kier molecular flexibility index (Phi) is 5.89. The number of carbonyl (C=O) groups is 2. The van der Waals surface area contributed by atoms with Crippen molar-refractivity contribution in [2.45, 2.75) is 6.42 Å². The third-order valence-corrected chi connectivity index (χ3v) is 4.85. The molecular weight excluding hydrogens is 392 g/mol. The maximum Gasteiger partial charge on any atom is 0.349 e. The highest BCUT2D eigenvalue weighted by molar-refractivity contribution is 6.09. The molecule has 1 aromatic heterocycles. The highest BCUT2D eigenvalue weighted by Crippen LogP contribution is 2.17. The maximum atomic E-state index is 12.7. The van der Waals surface area contributed by atoms with E-state index >= 15 is 0 Å². The van der Waals surface area contributed by atoms with Crippen LogP contribution in [-0.4, -0.2) is 18.4 Å². The number of benzene rings is 3. The van der Waals surface area contributed by atoms with Crippen molar-refractivity contribution in [1.82, 2.24) is 5.32 Å². The molecule has 2 amide bonds. The molecule has 0 unspecified atom stereocenters. The molecular formula is C25H20N2O4. The lowest BCUT2D eigenvalue weighted by atomic mass is 10.1. The number of nitrogens with one attached hydrogen (secondary N) is 2. The predicted octanol–water partition coefficient (Wildman–Crippen LogP) is 4.02. The van der Waals surface area contributed by atoms with Gasteiger partial charge < -0.3 is 15.1 Å². The Morgan fingerprint density at radius 3 is 2.32 bits per heavy atom. The fourth-order valence-corrected chi connectivity index (χ4v) is 3.26. The van der Waals surface area contributed by atoms with Crippen LogP contribution in [0.4, 0.5) is 5.69 Å². The van der Waals surface area contributed by atoms with Crippen LogP contribution in [0.25, 0.3) is 11.0 Å². The molecule has 0 aliphatic rings. The average molecular weight is 412 g/mol. The second-order valence-corrected chi connectivity index (χ2v) is 6.98. The first-order valence-electron chi connectivity index (χ1n) is 9.87. The van der Waals surface area contributed by atoms with Gasteiger partial charge in [-0.3, -0.25) is 9.59 Å². The zero-order valence-electron chi connectivity index (χ0n) is 16.6. The fraction of sp³-hybridized carbons (Fsp3) is 0.0800. The molecule has 1 heterocycles. The number of amides is 2. The van der Waals surface area contributed by atoms with Crippen LogP contribution in [-0.2, 0) is 6.42 Å². The van der Waals surface area contributed by atoms with Crippen LogP contribution in [0.15, 0.2) is 94.1 Å². The standard InChI is InChI=1S/C25H20N2O4/c28-23(26-15-14-17-8-2-1-3-9-17)19-11-5-6-12-21(19)27-24(29)20-16-18-10-4-7-13-22(18)31-25(20)30/h1-13,16H,14-15H2,(H,26,28)(H,27,29). The largest absolute Gasteiger partial charge is 0.422 e. The second-order valence-electron chi connectivity index (χ2n) is 6.98. The normalized spacial score (nSPS) is 10.6. The van der Waals surface area contributed by atoms with Crippen LogP contribution in [0.3, 0.4) is 0 Å². The summed E-state index contributed by atoms with van der Waals surface area (Å²) in [5, 5.41) is 6.17. The molecule has 4 aromatic rings. The quantitative estimate of drug-likeness (QED) is 0.468.